The number of aromatic amines is 1. The molecule has 4 nitrogen and oxygen atoms in total. The van der Waals surface area contributed by atoms with E-state index in [0.29, 0.717) is 0 Å². The first-order chi connectivity index (χ1) is 13.3. The normalized spacial score (nSPS) is 17.2. The summed E-state index contributed by atoms with van der Waals surface area (Å²) in [5, 5.41) is 7.31. The highest BCUT2D eigenvalue weighted by Gasteiger charge is 2.15. The second-order valence-corrected chi connectivity index (χ2v) is 7.34. The number of H-pyrrole nitrogens is 1. The van der Waals surface area contributed by atoms with E-state index in [1.54, 1.807) is 0 Å². The van der Waals surface area contributed by atoms with Crippen LogP contribution in [0.1, 0.15) is 51.5 Å². The van der Waals surface area contributed by atoms with E-state index in [-0.39, 0.29) is 7.43 Å². The summed E-state index contributed by atoms with van der Waals surface area (Å²) in [4.78, 5) is 4.92. The summed E-state index contributed by atoms with van der Waals surface area (Å²) < 4.78 is 0. The minimum absolute atomic E-state index is 0. The Morgan fingerprint density at radius 3 is 2.07 bits per heavy atom. The minimum Gasteiger partial charge on any atom is -0.306 e. The van der Waals surface area contributed by atoms with Gasteiger partial charge in [0.15, 0.2) is 0 Å². The van der Waals surface area contributed by atoms with Gasteiger partial charge in [-0.05, 0) is 64.5 Å². The summed E-state index contributed by atoms with van der Waals surface area (Å²) in [6.45, 7) is 6.10. The molecule has 0 unspecified atom stereocenters. The number of terminal acetylenes is 1. The van der Waals surface area contributed by atoms with Gasteiger partial charge in [-0.25, -0.2) is 0 Å². The quantitative estimate of drug-likeness (QED) is 0.755. The topological polar surface area (TPSA) is 35.2 Å². The molecule has 1 aromatic carbocycles. The molecule has 0 amide bonds. The van der Waals surface area contributed by atoms with Crippen LogP contribution in [0.3, 0.4) is 0 Å². The Morgan fingerprint density at radius 1 is 0.893 bits per heavy atom. The molecule has 4 rings (SSSR count). The Kier molecular flexibility index (Phi) is 12.0. The van der Waals surface area contributed by atoms with E-state index in [4.69, 9.17) is 0 Å². The van der Waals surface area contributed by atoms with E-state index < -0.39 is 0 Å². The second kappa shape index (κ2) is 14.0. The molecule has 2 saturated heterocycles. The van der Waals surface area contributed by atoms with Crippen LogP contribution in [0.2, 0.25) is 0 Å². The van der Waals surface area contributed by atoms with Gasteiger partial charge in [-0.3, -0.25) is 10.00 Å². The molecule has 0 saturated carbocycles. The fourth-order valence-electron chi connectivity index (χ4n) is 3.70. The van der Waals surface area contributed by atoms with Crippen molar-refractivity contribution in [3.8, 4) is 24.1 Å². The van der Waals surface area contributed by atoms with Crippen molar-refractivity contribution in [1.29, 1.82) is 0 Å². The maximum Gasteiger partial charge on any atom is 0.0695 e. The molecule has 154 valence electrons. The monoisotopic (exact) mass is 382 g/mol. The third-order valence-corrected chi connectivity index (χ3v) is 5.20. The first-order valence-electron chi connectivity index (χ1n) is 10.1. The highest BCUT2D eigenvalue weighted by atomic mass is 15.2. The van der Waals surface area contributed by atoms with Crippen LogP contribution in [-0.4, -0.2) is 53.2 Å². The van der Waals surface area contributed by atoms with E-state index in [1.807, 2.05) is 12.3 Å². The third kappa shape index (κ3) is 7.88. The lowest BCUT2D eigenvalue weighted by molar-refractivity contribution is 0.332. The van der Waals surface area contributed by atoms with Gasteiger partial charge in [0.05, 0.1) is 11.9 Å². The highest BCUT2D eigenvalue weighted by molar-refractivity contribution is 5.62. The van der Waals surface area contributed by atoms with Gasteiger partial charge in [0.1, 0.15) is 0 Å². The van der Waals surface area contributed by atoms with E-state index >= 15 is 0 Å². The molecule has 3 heterocycles. The summed E-state index contributed by atoms with van der Waals surface area (Å²) in [7, 11) is 2.21. The van der Waals surface area contributed by atoms with E-state index in [9.17, 15) is 0 Å². The van der Waals surface area contributed by atoms with Crippen LogP contribution in [0.25, 0.3) is 11.3 Å². The molecule has 2 fully saturated rings. The number of nitrogens with one attached hydrogen (secondary N) is 1. The average Bonchev–Trinajstić information content (AvgIpc) is 3.34. The number of aromatic nitrogens is 2. The van der Waals surface area contributed by atoms with Gasteiger partial charge in [-0.15, -0.1) is 12.8 Å². The standard InChI is InChI=1S/C14H17N3.C7H15N.C2H2.CH4/c1-2-6-12(7-3-1)14-13(10-15-16-14)11-17-8-4-5-9-17;1-8-6-4-2-3-5-7-8;1-2;/h1-3,6-7,10H,4-5,8-9,11H2,(H,15,16);2-7H2,1H3;1-2H;1H4. The zero-order chi connectivity index (χ0) is 19.3. The molecule has 0 radical (unpaired) electrons. The number of rotatable bonds is 3. The predicted octanol–water partition coefficient (Wildman–Crippen LogP) is 5.05. The van der Waals surface area contributed by atoms with Crippen LogP contribution in [0.15, 0.2) is 36.5 Å². The molecule has 1 N–H and O–H groups in total. The predicted molar refractivity (Wildman–Crippen MR) is 121 cm³/mol. The molecule has 0 aliphatic carbocycles. The molecule has 4 heteroatoms. The van der Waals surface area contributed by atoms with Crippen LogP contribution in [-0.2, 0) is 6.54 Å². The molecule has 0 atom stereocenters. The lowest BCUT2D eigenvalue weighted by Crippen LogP contribution is -2.18. The van der Waals surface area contributed by atoms with E-state index in [0.717, 1.165) is 12.2 Å². The summed E-state index contributed by atoms with van der Waals surface area (Å²) >= 11 is 0. The third-order valence-electron chi connectivity index (χ3n) is 5.20. The van der Waals surface area contributed by atoms with Crippen LogP contribution < -0.4 is 0 Å². The summed E-state index contributed by atoms with van der Waals surface area (Å²) in [5.74, 6) is 0. The van der Waals surface area contributed by atoms with Crippen LogP contribution >= 0.6 is 0 Å². The van der Waals surface area contributed by atoms with E-state index in [1.165, 1.54) is 75.8 Å². The fraction of sp³-hybridized carbons (Fsp3) is 0.542. The van der Waals surface area contributed by atoms with Crippen LogP contribution in [0.5, 0.6) is 0 Å². The molecule has 28 heavy (non-hydrogen) atoms. The number of likely N-dealkylation sites (tertiary alicyclic amines) is 2. The SMILES string of the molecule is C.C#C.CN1CCCCCC1.c1ccc(-c2[nH]ncc2CN2CCCC2)cc1. The van der Waals surface area contributed by atoms with Crippen LogP contribution in [0.4, 0.5) is 0 Å². The largest absolute Gasteiger partial charge is 0.306 e. The Balaban J connectivity index is 0.000000303. The highest BCUT2D eigenvalue weighted by Crippen LogP contribution is 2.23. The molecule has 1 aromatic heterocycles. The van der Waals surface area contributed by atoms with Crippen molar-refractivity contribution in [3.63, 3.8) is 0 Å². The van der Waals surface area contributed by atoms with Crippen molar-refractivity contribution < 1.29 is 0 Å². The Hall–Kier alpha value is -2.09. The Labute approximate surface area is 172 Å². The van der Waals surface area contributed by atoms with Crippen molar-refractivity contribution in [3.05, 3.63) is 42.1 Å². The van der Waals surface area contributed by atoms with Crippen molar-refractivity contribution >= 4 is 0 Å². The molecule has 2 aromatic rings. The Bertz CT molecular complexity index is 633. The van der Waals surface area contributed by atoms with Crippen LogP contribution in [0, 0.1) is 12.8 Å². The van der Waals surface area contributed by atoms with Gasteiger partial charge in [0.25, 0.3) is 0 Å². The van der Waals surface area contributed by atoms with E-state index in [2.05, 4.69) is 64.2 Å². The lowest BCUT2D eigenvalue weighted by Gasteiger charge is -2.14. The van der Waals surface area contributed by atoms with Gasteiger partial charge in [0.2, 0.25) is 0 Å². The number of hydrogen-bond donors (Lipinski definition) is 1. The maximum absolute atomic E-state index is 4.19. The lowest BCUT2D eigenvalue weighted by atomic mass is 10.1. The molecule has 2 aliphatic rings. The van der Waals surface area contributed by atoms with Gasteiger partial charge in [0, 0.05) is 12.1 Å². The summed E-state index contributed by atoms with van der Waals surface area (Å²) in [5.41, 5.74) is 3.69. The van der Waals surface area contributed by atoms with Gasteiger partial charge in [-0.1, -0.05) is 50.6 Å². The van der Waals surface area contributed by atoms with Crippen molar-refractivity contribution in [2.45, 2.75) is 52.5 Å². The second-order valence-electron chi connectivity index (χ2n) is 7.34. The number of benzene rings is 1. The molecule has 0 bridgehead atoms. The smallest absolute Gasteiger partial charge is 0.0695 e. The van der Waals surface area contributed by atoms with Gasteiger partial charge in [-0.2, -0.15) is 5.10 Å². The molecular weight excluding hydrogens is 344 g/mol. The summed E-state index contributed by atoms with van der Waals surface area (Å²) in [6, 6.07) is 10.4. The van der Waals surface area contributed by atoms with Gasteiger partial charge < -0.3 is 4.90 Å². The molecule has 0 spiro atoms. The van der Waals surface area contributed by atoms with Crippen molar-refractivity contribution in [1.82, 2.24) is 20.0 Å². The average molecular weight is 383 g/mol. The first kappa shape index (κ1) is 23.9. The fourth-order valence-corrected chi connectivity index (χ4v) is 3.70. The Morgan fingerprint density at radius 2 is 1.46 bits per heavy atom. The summed E-state index contributed by atoms with van der Waals surface area (Å²) in [6.07, 6.45) is 18.3. The molecular formula is C24H38N4. The maximum atomic E-state index is 4.19. The van der Waals surface area contributed by atoms with Gasteiger partial charge >= 0.3 is 0 Å². The first-order valence-corrected chi connectivity index (χ1v) is 10.1. The number of hydrogen-bond acceptors (Lipinski definition) is 3. The molecule has 2 aliphatic heterocycles. The zero-order valence-corrected chi connectivity index (χ0v) is 16.7. The zero-order valence-electron chi connectivity index (χ0n) is 16.7. The number of nitrogens with zero attached hydrogens (tertiary/aromatic N) is 3. The minimum atomic E-state index is 0. The van der Waals surface area contributed by atoms with Crippen molar-refractivity contribution in [2.24, 2.45) is 0 Å². The van der Waals surface area contributed by atoms with Crippen molar-refractivity contribution in [2.75, 3.05) is 33.2 Å².